The van der Waals surface area contributed by atoms with Gasteiger partial charge in [-0.05, 0) is 72.9 Å². The fourth-order valence-corrected chi connectivity index (χ4v) is 6.86. The number of halogens is 1. The maximum atomic E-state index is 13.9. The smallest absolute Gasteiger partial charge is 0.162 e. The molecule has 0 fully saturated rings. The van der Waals surface area contributed by atoms with E-state index in [2.05, 4.69) is 55.4 Å². The monoisotopic (exact) mass is 605 g/mol. The van der Waals surface area contributed by atoms with Crippen LogP contribution in [0, 0.1) is 10.8 Å². The van der Waals surface area contributed by atoms with E-state index in [9.17, 15) is 9.59 Å². The van der Waals surface area contributed by atoms with Gasteiger partial charge < -0.3 is 14.4 Å². The van der Waals surface area contributed by atoms with Crippen LogP contribution in [-0.4, -0.2) is 29.6 Å². The molecule has 0 spiro atoms. The van der Waals surface area contributed by atoms with Gasteiger partial charge in [-0.25, -0.2) is 0 Å². The van der Waals surface area contributed by atoms with Crippen molar-refractivity contribution < 1.29 is 19.1 Å². The van der Waals surface area contributed by atoms with Crippen molar-refractivity contribution in [2.24, 2.45) is 10.8 Å². The molecule has 5 rings (SSSR count). The molecule has 0 saturated heterocycles. The largest absolute Gasteiger partial charge is 0.490 e. The van der Waals surface area contributed by atoms with Crippen LogP contribution in [0.4, 0.5) is 0 Å². The molecule has 40 heavy (non-hydrogen) atoms. The molecule has 0 amide bonds. The number of allylic oxidation sites excluding steroid dienone is 4. The van der Waals surface area contributed by atoms with E-state index in [-0.39, 0.29) is 28.3 Å². The van der Waals surface area contributed by atoms with Crippen molar-refractivity contribution in [3.05, 3.63) is 80.6 Å². The standard InChI is InChI=1S/C34H40BrNO4/c1-7-36-24-16-33(3,4)18-26(37)31(24)30(32-25(36)17-34(5,6)19-27(32)38)22-11-14-28(29(15-22)39-8-2)40-20-21-9-12-23(35)13-10-21/h9-15,30H,7-8,16-20H2,1-6H3. The van der Waals surface area contributed by atoms with Crippen LogP contribution in [0.1, 0.15) is 84.3 Å². The summed E-state index contributed by atoms with van der Waals surface area (Å²) in [6.45, 7) is 14.4. The quantitative estimate of drug-likeness (QED) is 0.319. The molecule has 0 N–H and O–H groups in total. The molecule has 0 saturated carbocycles. The van der Waals surface area contributed by atoms with Gasteiger partial charge in [-0.2, -0.15) is 0 Å². The van der Waals surface area contributed by atoms with Crippen LogP contribution in [0.25, 0.3) is 0 Å². The Hall–Kier alpha value is -2.86. The molecule has 1 aliphatic heterocycles. The van der Waals surface area contributed by atoms with E-state index in [1.165, 1.54) is 0 Å². The van der Waals surface area contributed by atoms with Crippen LogP contribution >= 0.6 is 15.9 Å². The van der Waals surface area contributed by atoms with Crippen LogP contribution in [-0.2, 0) is 16.2 Å². The molecule has 0 aromatic heterocycles. The number of carbonyl (C=O) groups excluding carboxylic acids is 2. The molecule has 6 heteroatoms. The summed E-state index contributed by atoms with van der Waals surface area (Å²) in [4.78, 5) is 30.1. The van der Waals surface area contributed by atoms with Crippen molar-refractivity contribution in [2.75, 3.05) is 13.2 Å². The van der Waals surface area contributed by atoms with Crippen LogP contribution in [0.15, 0.2) is 69.5 Å². The lowest BCUT2D eigenvalue weighted by molar-refractivity contribution is -0.119. The molecular weight excluding hydrogens is 566 g/mol. The van der Waals surface area contributed by atoms with Crippen molar-refractivity contribution in [3.63, 3.8) is 0 Å². The Bertz CT molecular complexity index is 1350. The highest BCUT2D eigenvalue weighted by Crippen LogP contribution is 2.54. The average Bonchev–Trinajstić information content (AvgIpc) is 2.86. The number of carbonyl (C=O) groups is 2. The van der Waals surface area contributed by atoms with E-state index >= 15 is 0 Å². The second kappa shape index (κ2) is 10.8. The summed E-state index contributed by atoms with van der Waals surface area (Å²) in [5.41, 5.74) is 5.48. The lowest BCUT2D eigenvalue weighted by Gasteiger charge is -2.48. The number of nitrogens with zero attached hydrogens (tertiary/aromatic N) is 1. The topological polar surface area (TPSA) is 55.8 Å². The minimum atomic E-state index is -0.389. The van der Waals surface area contributed by atoms with Gasteiger partial charge in [0.15, 0.2) is 23.1 Å². The van der Waals surface area contributed by atoms with Gasteiger partial charge in [-0.1, -0.05) is 61.8 Å². The van der Waals surface area contributed by atoms with E-state index < -0.39 is 0 Å². The first kappa shape index (κ1) is 28.7. The molecule has 3 aliphatic rings. The van der Waals surface area contributed by atoms with Gasteiger partial charge >= 0.3 is 0 Å². The first-order chi connectivity index (χ1) is 18.9. The average molecular weight is 607 g/mol. The molecule has 2 aromatic rings. The predicted molar refractivity (Wildman–Crippen MR) is 161 cm³/mol. The summed E-state index contributed by atoms with van der Waals surface area (Å²) in [6, 6.07) is 14.0. The zero-order valence-electron chi connectivity index (χ0n) is 24.5. The highest BCUT2D eigenvalue weighted by atomic mass is 79.9. The van der Waals surface area contributed by atoms with E-state index in [4.69, 9.17) is 9.47 Å². The zero-order chi connectivity index (χ0) is 28.8. The van der Waals surface area contributed by atoms with Gasteiger partial charge in [0.25, 0.3) is 0 Å². The lowest BCUT2D eigenvalue weighted by Crippen LogP contribution is -2.44. The minimum absolute atomic E-state index is 0.124. The van der Waals surface area contributed by atoms with E-state index in [1.807, 2.05) is 49.4 Å². The first-order valence-corrected chi connectivity index (χ1v) is 15.2. The fourth-order valence-electron chi connectivity index (χ4n) is 6.60. The molecule has 0 unspecified atom stereocenters. The third-order valence-corrected chi connectivity index (χ3v) is 8.78. The Morgan fingerprint density at radius 1 is 0.800 bits per heavy atom. The summed E-state index contributed by atoms with van der Waals surface area (Å²) in [5.74, 6) is 1.18. The SMILES string of the molecule is CCOc1cc(C2C3=C(CC(C)(C)CC3=O)N(CC)C3=C2C(=O)CC(C)(C)C3)ccc1OCc1ccc(Br)cc1. The molecular formula is C34H40BrNO4. The highest BCUT2D eigenvalue weighted by Gasteiger charge is 2.48. The van der Waals surface area contributed by atoms with Crippen molar-refractivity contribution in [1.82, 2.24) is 4.90 Å². The molecule has 0 radical (unpaired) electrons. The second-order valence-corrected chi connectivity index (χ2v) is 13.7. The van der Waals surface area contributed by atoms with Gasteiger partial charge in [-0.15, -0.1) is 0 Å². The number of ketones is 2. The summed E-state index contributed by atoms with van der Waals surface area (Å²) in [7, 11) is 0. The normalized spacial score (nSPS) is 20.4. The Balaban J connectivity index is 1.61. The molecule has 0 atom stereocenters. The van der Waals surface area contributed by atoms with Crippen molar-refractivity contribution in [1.29, 1.82) is 0 Å². The summed E-state index contributed by atoms with van der Waals surface area (Å²) in [5, 5.41) is 0. The van der Waals surface area contributed by atoms with Gasteiger partial charge in [0.1, 0.15) is 6.61 Å². The molecule has 0 bridgehead atoms. The lowest BCUT2D eigenvalue weighted by atomic mass is 9.63. The molecule has 5 nitrogen and oxygen atoms in total. The summed E-state index contributed by atoms with van der Waals surface area (Å²) in [6.07, 6.45) is 2.59. The fraction of sp³-hybridized carbons (Fsp3) is 0.471. The number of benzene rings is 2. The van der Waals surface area contributed by atoms with Crippen molar-refractivity contribution >= 4 is 27.5 Å². The maximum absolute atomic E-state index is 13.9. The van der Waals surface area contributed by atoms with E-state index in [1.54, 1.807) is 0 Å². The Morgan fingerprint density at radius 3 is 1.90 bits per heavy atom. The van der Waals surface area contributed by atoms with Gasteiger partial charge in [0.05, 0.1) is 6.61 Å². The number of hydrogen-bond acceptors (Lipinski definition) is 5. The van der Waals surface area contributed by atoms with Crippen LogP contribution in [0.5, 0.6) is 11.5 Å². The Labute approximate surface area is 246 Å². The predicted octanol–water partition coefficient (Wildman–Crippen LogP) is 8.13. The molecule has 212 valence electrons. The van der Waals surface area contributed by atoms with E-state index in [0.717, 1.165) is 57.5 Å². The highest BCUT2D eigenvalue weighted by molar-refractivity contribution is 9.10. The molecule has 1 heterocycles. The summed E-state index contributed by atoms with van der Waals surface area (Å²) >= 11 is 3.48. The van der Waals surface area contributed by atoms with Crippen LogP contribution in [0.3, 0.4) is 0 Å². The van der Waals surface area contributed by atoms with Gasteiger partial charge in [0.2, 0.25) is 0 Å². The number of hydrogen-bond donors (Lipinski definition) is 0. The second-order valence-electron chi connectivity index (χ2n) is 12.8. The first-order valence-electron chi connectivity index (χ1n) is 14.4. The number of ether oxygens (including phenoxy) is 2. The summed E-state index contributed by atoms with van der Waals surface area (Å²) < 4.78 is 13.3. The van der Waals surface area contributed by atoms with Crippen LogP contribution < -0.4 is 9.47 Å². The number of rotatable bonds is 7. The van der Waals surface area contributed by atoms with Crippen LogP contribution in [0.2, 0.25) is 0 Å². The van der Waals surface area contributed by atoms with Crippen molar-refractivity contribution in [3.8, 4) is 11.5 Å². The third kappa shape index (κ3) is 5.52. The maximum Gasteiger partial charge on any atom is 0.162 e. The Morgan fingerprint density at radius 2 is 1.38 bits per heavy atom. The third-order valence-electron chi connectivity index (χ3n) is 8.25. The van der Waals surface area contributed by atoms with E-state index in [0.29, 0.717) is 37.6 Å². The zero-order valence-corrected chi connectivity index (χ0v) is 26.1. The van der Waals surface area contributed by atoms with Gasteiger partial charge in [-0.3, -0.25) is 9.59 Å². The Kier molecular flexibility index (Phi) is 7.77. The van der Waals surface area contributed by atoms with Crippen molar-refractivity contribution in [2.45, 2.75) is 79.8 Å². The number of Topliss-reactive ketones (excluding diaryl/α,β-unsaturated/α-hetero) is 2. The minimum Gasteiger partial charge on any atom is -0.490 e. The van der Waals surface area contributed by atoms with Gasteiger partial charge in [0, 0.05) is 52.3 Å². The molecule has 2 aliphatic carbocycles. The molecule has 2 aromatic carbocycles.